The van der Waals surface area contributed by atoms with E-state index in [1.54, 1.807) is 24.5 Å². The molecule has 0 unspecified atom stereocenters. The summed E-state index contributed by atoms with van der Waals surface area (Å²) in [4.78, 5) is 18.0. The van der Waals surface area contributed by atoms with Gasteiger partial charge in [-0.1, -0.05) is 0 Å². The van der Waals surface area contributed by atoms with Crippen LogP contribution in [0.1, 0.15) is 10.4 Å². The molecule has 16 heavy (non-hydrogen) atoms. The van der Waals surface area contributed by atoms with Crippen LogP contribution in [0.2, 0.25) is 0 Å². The largest absolute Gasteiger partial charge is 0.478 e. The molecule has 0 fully saturated rings. The van der Waals surface area contributed by atoms with Crippen molar-refractivity contribution in [2.75, 3.05) is 0 Å². The molecule has 0 spiro atoms. The summed E-state index contributed by atoms with van der Waals surface area (Å²) in [5.74, 6) is -2.31. The first-order chi connectivity index (χ1) is 7.68. The summed E-state index contributed by atoms with van der Waals surface area (Å²) in [6.45, 7) is 0. The van der Waals surface area contributed by atoms with E-state index in [4.69, 9.17) is 5.11 Å². The van der Waals surface area contributed by atoms with Crippen molar-refractivity contribution in [1.29, 1.82) is 0 Å². The average molecular weight is 218 g/mol. The van der Waals surface area contributed by atoms with E-state index in [1.165, 1.54) is 12.1 Å². The topological polar surface area (TPSA) is 63.1 Å². The lowest BCUT2D eigenvalue weighted by atomic mass is 10.1. The Hall–Kier alpha value is -2.30. The minimum Gasteiger partial charge on any atom is -0.478 e. The zero-order chi connectivity index (χ0) is 11.5. The fourth-order valence-corrected chi connectivity index (χ4v) is 1.28. The molecule has 2 aromatic heterocycles. The van der Waals surface area contributed by atoms with Gasteiger partial charge in [0.15, 0.2) is 0 Å². The summed E-state index contributed by atoms with van der Waals surface area (Å²) in [5, 5.41) is 8.64. The minimum atomic E-state index is -1.33. The van der Waals surface area contributed by atoms with Gasteiger partial charge in [-0.15, -0.1) is 0 Å². The highest BCUT2D eigenvalue weighted by atomic mass is 19.1. The van der Waals surface area contributed by atoms with Gasteiger partial charge in [0.25, 0.3) is 0 Å². The second-order valence-corrected chi connectivity index (χ2v) is 3.08. The van der Waals surface area contributed by atoms with E-state index in [9.17, 15) is 9.18 Å². The number of carbonyl (C=O) groups is 1. The van der Waals surface area contributed by atoms with Gasteiger partial charge < -0.3 is 5.11 Å². The second kappa shape index (κ2) is 4.06. The minimum absolute atomic E-state index is 0.380. The Kier molecular flexibility index (Phi) is 2.59. The van der Waals surface area contributed by atoms with E-state index in [0.717, 1.165) is 0 Å². The van der Waals surface area contributed by atoms with Crippen molar-refractivity contribution >= 4 is 5.97 Å². The van der Waals surface area contributed by atoms with Crippen LogP contribution in [0.5, 0.6) is 0 Å². The molecule has 0 aromatic carbocycles. The first-order valence-corrected chi connectivity index (χ1v) is 4.49. The summed E-state index contributed by atoms with van der Waals surface area (Å²) < 4.78 is 13.3. The third kappa shape index (κ3) is 1.88. The van der Waals surface area contributed by atoms with Crippen LogP contribution in [0.4, 0.5) is 4.39 Å². The quantitative estimate of drug-likeness (QED) is 0.783. The number of pyridine rings is 2. The van der Waals surface area contributed by atoms with Gasteiger partial charge >= 0.3 is 5.97 Å². The Bertz CT molecular complexity index is 529. The highest BCUT2D eigenvalue weighted by molar-refractivity contribution is 5.87. The van der Waals surface area contributed by atoms with Crippen molar-refractivity contribution in [3.63, 3.8) is 0 Å². The van der Waals surface area contributed by atoms with Gasteiger partial charge in [-0.25, -0.2) is 9.78 Å². The van der Waals surface area contributed by atoms with Crippen molar-refractivity contribution in [3.8, 4) is 11.3 Å². The number of hydrogen-bond acceptors (Lipinski definition) is 3. The van der Waals surface area contributed by atoms with Crippen LogP contribution in [-0.4, -0.2) is 21.0 Å². The summed E-state index contributed by atoms with van der Waals surface area (Å²) in [6, 6.07) is 5.99. The van der Waals surface area contributed by atoms with E-state index in [1.807, 2.05) is 0 Å². The van der Waals surface area contributed by atoms with Gasteiger partial charge in [0.05, 0.1) is 5.69 Å². The van der Waals surface area contributed by atoms with Gasteiger partial charge in [0.2, 0.25) is 5.95 Å². The smallest absolute Gasteiger partial charge is 0.340 e. The van der Waals surface area contributed by atoms with Crippen molar-refractivity contribution < 1.29 is 14.3 Å². The summed E-state index contributed by atoms with van der Waals surface area (Å²) in [5.41, 5.74) is 0.633. The molecule has 2 rings (SSSR count). The maximum absolute atomic E-state index is 13.3. The SMILES string of the molecule is O=C(O)c1ccc(-c2ccncc2)nc1F. The number of aromatic carboxylic acids is 1. The molecular weight excluding hydrogens is 211 g/mol. The molecular formula is C11H7FN2O2. The first-order valence-electron chi connectivity index (χ1n) is 4.49. The van der Waals surface area contributed by atoms with Crippen LogP contribution in [-0.2, 0) is 0 Å². The third-order valence-corrected chi connectivity index (χ3v) is 2.06. The van der Waals surface area contributed by atoms with Gasteiger partial charge in [-0.3, -0.25) is 4.98 Å². The third-order valence-electron chi connectivity index (χ3n) is 2.06. The van der Waals surface area contributed by atoms with E-state index < -0.39 is 17.5 Å². The van der Waals surface area contributed by atoms with Crippen LogP contribution >= 0.6 is 0 Å². The monoisotopic (exact) mass is 218 g/mol. The van der Waals surface area contributed by atoms with Gasteiger partial charge in [0, 0.05) is 18.0 Å². The lowest BCUT2D eigenvalue weighted by molar-refractivity contribution is 0.0691. The molecule has 0 radical (unpaired) electrons. The number of nitrogens with zero attached hydrogens (tertiary/aromatic N) is 2. The molecule has 0 atom stereocenters. The molecule has 80 valence electrons. The number of rotatable bonds is 2. The molecule has 0 aliphatic rings. The van der Waals surface area contributed by atoms with Crippen LogP contribution in [0.25, 0.3) is 11.3 Å². The molecule has 4 nitrogen and oxygen atoms in total. The van der Waals surface area contributed by atoms with Crippen LogP contribution in [0.15, 0.2) is 36.7 Å². The Morgan fingerprint density at radius 1 is 1.19 bits per heavy atom. The van der Waals surface area contributed by atoms with Crippen molar-refractivity contribution in [2.45, 2.75) is 0 Å². The molecule has 0 saturated heterocycles. The van der Waals surface area contributed by atoms with E-state index in [0.29, 0.717) is 11.3 Å². The Morgan fingerprint density at radius 3 is 2.44 bits per heavy atom. The van der Waals surface area contributed by atoms with E-state index in [-0.39, 0.29) is 0 Å². The number of hydrogen-bond donors (Lipinski definition) is 1. The van der Waals surface area contributed by atoms with Crippen LogP contribution in [0, 0.1) is 5.95 Å². The van der Waals surface area contributed by atoms with E-state index >= 15 is 0 Å². The summed E-state index contributed by atoms with van der Waals surface area (Å²) in [6.07, 6.45) is 3.11. The Balaban J connectivity index is 2.46. The number of aromatic nitrogens is 2. The second-order valence-electron chi connectivity index (χ2n) is 3.08. The molecule has 2 heterocycles. The van der Waals surface area contributed by atoms with Crippen molar-refractivity contribution in [3.05, 3.63) is 48.2 Å². The standard InChI is InChI=1S/C11H7FN2O2/c12-10-8(11(15)16)1-2-9(14-10)7-3-5-13-6-4-7/h1-6H,(H,15,16). The molecule has 0 amide bonds. The first kappa shape index (κ1) is 10.2. The molecule has 1 N–H and O–H groups in total. The maximum atomic E-state index is 13.3. The lowest BCUT2D eigenvalue weighted by Gasteiger charge is -2.01. The molecule has 0 aliphatic heterocycles. The van der Waals surface area contributed by atoms with Gasteiger partial charge in [-0.05, 0) is 24.3 Å². The fraction of sp³-hybridized carbons (Fsp3) is 0. The van der Waals surface area contributed by atoms with E-state index in [2.05, 4.69) is 9.97 Å². The maximum Gasteiger partial charge on any atom is 0.340 e. The van der Waals surface area contributed by atoms with Gasteiger partial charge in [0.1, 0.15) is 5.56 Å². The van der Waals surface area contributed by atoms with Crippen molar-refractivity contribution in [2.24, 2.45) is 0 Å². The molecule has 0 saturated carbocycles. The Morgan fingerprint density at radius 2 is 1.88 bits per heavy atom. The Labute approximate surface area is 90.4 Å². The molecule has 2 aromatic rings. The van der Waals surface area contributed by atoms with Gasteiger partial charge in [-0.2, -0.15) is 4.39 Å². The van der Waals surface area contributed by atoms with Crippen LogP contribution < -0.4 is 0 Å². The number of carboxylic acids is 1. The lowest BCUT2D eigenvalue weighted by Crippen LogP contribution is -2.03. The number of halogens is 1. The molecule has 5 heteroatoms. The average Bonchev–Trinajstić information content (AvgIpc) is 2.29. The van der Waals surface area contributed by atoms with Crippen molar-refractivity contribution in [1.82, 2.24) is 9.97 Å². The molecule has 0 aliphatic carbocycles. The normalized spacial score (nSPS) is 10.1. The predicted octanol–water partition coefficient (Wildman–Crippen LogP) is 1.98. The highest BCUT2D eigenvalue weighted by Crippen LogP contribution is 2.17. The zero-order valence-electron chi connectivity index (χ0n) is 8.09. The molecule has 0 bridgehead atoms. The van der Waals surface area contributed by atoms with Crippen LogP contribution in [0.3, 0.4) is 0 Å². The zero-order valence-corrected chi connectivity index (χ0v) is 8.09. The number of carboxylic acid groups (broad SMARTS) is 1. The highest BCUT2D eigenvalue weighted by Gasteiger charge is 2.12. The predicted molar refractivity (Wildman–Crippen MR) is 54.4 cm³/mol. The summed E-state index contributed by atoms with van der Waals surface area (Å²) in [7, 11) is 0. The summed E-state index contributed by atoms with van der Waals surface area (Å²) >= 11 is 0. The fourth-order valence-electron chi connectivity index (χ4n) is 1.28.